The van der Waals surface area contributed by atoms with Gasteiger partial charge in [-0.1, -0.05) is 5.02 Å². The number of halogens is 1. The number of hydrogen-bond acceptors (Lipinski definition) is 1. The Hall–Kier alpha value is 0.574. The smallest absolute Gasteiger partial charge is 0.0618 e. The van der Waals surface area contributed by atoms with Crippen molar-refractivity contribution in [2.75, 3.05) is 0 Å². The van der Waals surface area contributed by atoms with Crippen LogP contribution in [0.5, 0.6) is 0 Å². The Balaban J connectivity index is 0.00000121. The molecule has 0 aliphatic heterocycles. The van der Waals surface area contributed by atoms with Gasteiger partial charge in [-0.05, 0) is 13.8 Å². The Bertz CT molecular complexity index is 255. The van der Waals surface area contributed by atoms with Crippen molar-refractivity contribution in [2.45, 2.75) is 19.4 Å². The van der Waals surface area contributed by atoms with Gasteiger partial charge >= 0.3 is 0 Å². The monoisotopic (exact) mass is 258 g/mol. The molecule has 0 saturated heterocycles. The second-order valence-corrected chi connectivity index (χ2v) is 3.38. The standard InChI is InChI=1S/C9H10ClO.Y/c1-9(2,11)7-4-3-5-8(10)6-7;/h3-5,11H,1-2H3;/q-1;. The second-order valence-electron chi connectivity index (χ2n) is 2.97. The molecule has 0 aliphatic rings. The first-order valence-electron chi connectivity index (χ1n) is 3.41. The van der Waals surface area contributed by atoms with Crippen LogP contribution in [0.1, 0.15) is 19.4 Å². The molecule has 0 unspecified atom stereocenters. The molecular weight excluding hydrogens is 248 g/mol. The molecule has 0 fully saturated rings. The zero-order valence-corrected chi connectivity index (χ0v) is 10.7. The third kappa shape index (κ3) is 3.53. The molecule has 12 heavy (non-hydrogen) atoms. The Morgan fingerprint density at radius 3 is 2.33 bits per heavy atom. The predicted molar refractivity (Wildman–Crippen MR) is 45.5 cm³/mol. The van der Waals surface area contributed by atoms with Gasteiger partial charge < -0.3 is 5.11 Å². The number of benzene rings is 1. The van der Waals surface area contributed by atoms with Crippen LogP contribution in [0.2, 0.25) is 5.02 Å². The maximum absolute atomic E-state index is 9.52. The van der Waals surface area contributed by atoms with Crippen LogP contribution in [0.4, 0.5) is 0 Å². The fraction of sp³-hybridized carbons (Fsp3) is 0.333. The van der Waals surface area contributed by atoms with Crippen molar-refractivity contribution in [3.05, 3.63) is 34.9 Å². The van der Waals surface area contributed by atoms with Gasteiger partial charge in [0.25, 0.3) is 0 Å². The minimum Gasteiger partial charge on any atom is -0.388 e. The molecule has 1 nitrogen and oxygen atoms in total. The molecule has 0 spiro atoms. The van der Waals surface area contributed by atoms with Crippen molar-refractivity contribution in [1.82, 2.24) is 0 Å². The zero-order chi connectivity index (χ0) is 8.48. The maximum Gasteiger partial charge on any atom is 0.0618 e. The van der Waals surface area contributed by atoms with Crippen LogP contribution < -0.4 is 0 Å². The topological polar surface area (TPSA) is 20.2 Å². The van der Waals surface area contributed by atoms with Gasteiger partial charge in [0, 0.05) is 32.7 Å². The third-order valence-electron chi connectivity index (χ3n) is 1.42. The molecule has 0 bridgehead atoms. The normalized spacial score (nSPS) is 10.7. The van der Waals surface area contributed by atoms with Crippen molar-refractivity contribution in [3.63, 3.8) is 0 Å². The summed E-state index contributed by atoms with van der Waals surface area (Å²) in [4.78, 5) is 0. The van der Waals surface area contributed by atoms with E-state index in [0.717, 1.165) is 0 Å². The summed E-state index contributed by atoms with van der Waals surface area (Å²) in [5.74, 6) is 0. The van der Waals surface area contributed by atoms with E-state index in [2.05, 4.69) is 6.07 Å². The van der Waals surface area contributed by atoms with Crippen molar-refractivity contribution in [3.8, 4) is 0 Å². The fourth-order valence-corrected chi connectivity index (χ4v) is 0.972. The van der Waals surface area contributed by atoms with Gasteiger partial charge in [0.1, 0.15) is 0 Å². The molecule has 1 rings (SSSR count). The Morgan fingerprint density at radius 1 is 1.42 bits per heavy atom. The van der Waals surface area contributed by atoms with Gasteiger partial charge in [0.2, 0.25) is 0 Å². The van der Waals surface area contributed by atoms with Crippen molar-refractivity contribution < 1.29 is 37.8 Å². The summed E-state index contributed by atoms with van der Waals surface area (Å²) in [6.45, 7) is 3.41. The number of aliphatic hydroxyl groups is 1. The van der Waals surface area contributed by atoms with Gasteiger partial charge in [-0.15, -0.1) is 17.2 Å². The van der Waals surface area contributed by atoms with Crippen LogP contribution in [-0.4, -0.2) is 5.11 Å². The molecule has 0 amide bonds. The van der Waals surface area contributed by atoms with Crippen LogP contribution >= 0.6 is 11.6 Å². The van der Waals surface area contributed by atoms with Crippen LogP contribution in [0.25, 0.3) is 0 Å². The molecule has 3 heteroatoms. The molecule has 0 saturated carbocycles. The Labute approximate surface area is 103 Å². The molecule has 1 N–H and O–H groups in total. The minimum absolute atomic E-state index is 0. The molecule has 0 atom stereocenters. The summed E-state index contributed by atoms with van der Waals surface area (Å²) in [7, 11) is 0. The number of rotatable bonds is 1. The summed E-state index contributed by atoms with van der Waals surface area (Å²) >= 11 is 5.68. The molecule has 63 valence electrons. The van der Waals surface area contributed by atoms with Gasteiger partial charge in [-0.3, -0.25) is 0 Å². The van der Waals surface area contributed by atoms with Crippen molar-refractivity contribution >= 4 is 11.6 Å². The zero-order valence-electron chi connectivity index (χ0n) is 7.13. The molecule has 0 aliphatic carbocycles. The molecule has 0 heterocycles. The van der Waals surface area contributed by atoms with Crippen LogP contribution in [0.15, 0.2) is 18.2 Å². The SMILES string of the molecule is CC(C)(O)c1[c-]c(Cl)ccc1.[Y]. The summed E-state index contributed by atoms with van der Waals surface area (Å²) in [6, 6.07) is 8.19. The second kappa shape index (κ2) is 4.71. The average Bonchev–Trinajstić information content (AvgIpc) is 1.86. The van der Waals surface area contributed by atoms with Gasteiger partial charge in [0.15, 0.2) is 0 Å². The molecule has 0 aromatic heterocycles. The minimum atomic E-state index is -0.856. The average molecular weight is 259 g/mol. The molecule has 1 radical (unpaired) electrons. The van der Waals surface area contributed by atoms with Crippen LogP contribution in [-0.2, 0) is 38.3 Å². The van der Waals surface area contributed by atoms with E-state index in [1.807, 2.05) is 0 Å². The van der Waals surface area contributed by atoms with E-state index in [0.29, 0.717) is 10.6 Å². The van der Waals surface area contributed by atoms with E-state index in [-0.39, 0.29) is 32.7 Å². The summed E-state index contributed by atoms with van der Waals surface area (Å²) in [6.07, 6.45) is 0. The quantitative estimate of drug-likeness (QED) is 0.767. The van der Waals surface area contributed by atoms with Gasteiger partial charge in [0.05, 0.1) is 5.60 Å². The van der Waals surface area contributed by atoms with Crippen molar-refractivity contribution in [1.29, 1.82) is 0 Å². The van der Waals surface area contributed by atoms with E-state index in [1.165, 1.54) is 0 Å². The first-order valence-corrected chi connectivity index (χ1v) is 3.78. The largest absolute Gasteiger partial charge is 0.388 e. The summed E-state index contributed by atoms with van der Waals surface area (Å²) in [5.41, 5.74) is -0.143. The first-order chi connectivity index (χ1) is 5.00. The van der Waals surface area contributed by atoms with E-state index in [9.17, 15) is 5.11 Å². The van der Waals surface area contributed by atoms with E-state index in [4.69, 9.17) is 11.6 Å². The summed E-state index contributed by atoms with van der Waals surface area (Å²) in [5, 5.41) is 10.1. The van der Waals surface area contributed by atoms with Gasteiger partial charge in [-0.2, -0.15) is 24.3 Å². The summed E-state index contributed by atoms with van der Waals surface area (Å²) < 4.78 is 0. The molecule has 1 aromatic rings. The van der Waals surface area contributed by atoms with Gasteiger partial charge in [-0.25, -0.2) is 0 Å². The van der Waals surface area contributed by atoms with Crippen molar-refractivity contribution in [2.24, 2.45) is 0 Å². The Morgan fingerprint density at radius 2 is 2.00 bits per heavy atom. The Kier molecular flexibility index (Phi) is 4.94. The number of hydrogen-bond donors (Lipinski definition) is 1. The molecule has 1 aromatic carbocycles. The fourth-order valence-electron chi connectivity index (χ4n) is 0.798. The van der Waals surface area contributed by atoms with E-state index in [1.54, 1.807) is 32.0 Å². The molecular formula is C9H10ClOY-. The predicted octanol–water partition coefficient (Wildman–Crippen LogP) is 2.37. The maximum atomic E-state index is 9.52. The van der Waals surface area contributed by atoms with E-state index < -0.39 is 5.60 Å². The first kappa shape index (κ1) is 12.6. The van der Waals surface area contributed by atoms with Crippen LogP contribution in [0, 0.1) is 6.07 Å². The third-order valence-corrected chi connectivity index (χ3v) is 1.64. The van der Waals surface area contributed by atoms with E-state index >= 15 is 0 Å². The van der Waals surface area contributed by atoms with Crippen LogP contribution in [0.3, 0.4) is 0 Å².